The van der Waals surface area contributed by atoms with Crippen LogP contribution in [0.5, 0.6) is 11.5 Å². The topological polar surface area (TPSA) is 50.8 Å². The van der Waals surface area contributed by atoms with E-state index in [1.807, 2.05) is 56.3 Å². The third-order valence-electron chi connectivity index (χ3n) is 4.93. The number of carbonyl (C=O) groups is 1. The summed E-state index contributed by atoms with van der Waals surface area (Å²) in [5.74, 6) is 1.18. The normalized spacial score (nSPS) is 11.0. The Bertz CT molecular complexity index is 766. The molecule has 0 saturated heterocycles. The lowest BCUT2D eigenvalue weighted by molar-refractivity contribution is -0.120. The molecule has 2 rings (SSSR count). The molecule has 27 heavy (non-hydrogen) atoms. The van der Waals surface area contributed by atoms with E-state index in [4.69, 9.17) is 9.47 Å². The molecule has 5 nitrogen and oxygen atoms in total. The average Bonchev–Trinajstić information content (AvgIpc) is 2.69. The molecule has 2 aromatic rings. The van der Waals surface area contributed by atoms with E-state index in [2.05, 4.69) is 24.1 Å². The maximum absolute atomic E-state index is 12.9. The predicted octanol–water partition coefficient (Wildman–Crippen LogP) is 4.47. The van der Waals surface area contributed by atoms with Crippen LogP contribution < -0.4 is 19.7 Å². The van der Waals surface area contributed by atoms with Gasteiger partial charge in [-0.05, 0) is 69.7 Å². The lowest BCUT2D eigenvalue weighted by Crippen LogP contribution is -2.34. The molecule has 0 atom stereocenters. The van der Waals surface area contributed by atoms with Crippen molar-refractivity contribution in [3.63, 3.8) is 0 Å². The zero-order valence-corrected chi connectivity index (χ0v) is 17.1. The molecule has 0 aliphatic carbocycles. The number of benzene rings is 2. The van der Waals surface area contributed by atoms with Crippen molar-refractivity contribution in [2.24, 2.45) is 0 Å². The second kappa shape index (κ2) is 8.80. The van der Waals surface area contributed by atoms with Gasteiger partial charge in [-0.15, -0.1) is 0 Å². The quantitative estimate of drug-likeness (QED) is 0.745. The first kappa shape index (κ1) is 20.6. The summed E-state index contributed by atoms with van der Waals surface area (Å²) in [5, 5.41) is 3.02. The Hall–Kier alpha value is -2.69. The third-order valence-corrected chi connectivity index (χ3v) is 4.93. The van der Waals surface area contributed by atoms with E-state index < -0.39 is 5.41 Å². The van der Waals surface area contributed by atoms with Gasteiger partial charge in [-0.3, -0.25) is 4.79 Å². The number of ether oxygens (including phenoxy) is 2. The fraction of sp³-hybridized carbons (Fsp3) is 0.409. The minimum Gasteiger partial charge on any atom is -0.493 e. The van der Waals surface area contributed by atoms with E-state index in [-0.39, 0.29) is 5.91 Å². The largest absolute Gasteiger partial charge is 0.493 e. The van der Waals surface area contributed by atoms with E-state index >= 15 is 0 Å². The summed E-state index contributed by atoms with van der Waals surface area (Å²) >= 11 is 0. The van der Waals surface area contributed by atoms with Gasteiger partial charge in [0.2, 0.25) is 5.91 Å². The molecule has 1 N–H and O–H groups in total. The van der Waals surface area contributed by atoms with Crippen molar-refractivity contribution in [3.05, 3.63) is 48.0 Å². The van der Waals surface area contributed by atoms with Gasteiger partial charge in [0.05, 0.1) is 19.6 Å². The highest BCUT2D eigenvalue weighted by Gasteiger charge is 2.30. The molecule has 0 aliphatic rings. The first-order chi connectivity index (χ1) is 12.9. The van der Waals surface area contributed by atoms with E-state index in [0.29, 0.717) is 11.5 Å². The van der Waals surface area contributed by atoms with Crippen LogP contribution >= 0.6 is 0 Å². The Labute approximate surface area is 162 Å². The lowest BCUT2D eigenvalue weighted by atomic mass is 9.83. The summed E-state index contributed by atoms with van der Waals surface area (Å²) in [6.07, 6.45) is 0. The smallest absolute Gasteiger partial charge is 0.234 e. The molecular formula is C22H30N2O3. The summed E-state index contributed by atoms with van der Waals surface area (Å²) < 4.78 is 10.6. The molecule has 0 unspecified atom stereocenters. The number of rotatable bonds is 8. The van der Waals surface area contributed by atoms with Gasteiger partial charge >= 0.3 is 0 Å². The summed E-state index contributed by atoms with van der Waals surface area (Å²) in [7, 11) is 3.18. The molecule has 0 radical (unpaired) electrons. The van der Waals surface area contributed by atoms with E-state index in [0.717, 1.165) is 30.0 Å². The van der Waals surface area contributed by atoms with Crippen LogP contribution in [0.3, 0.4) is 0 Å². The van der Waals surface area contributed by atoms with Gasteiger partial charge in [0, 0.05) is 24.5 Å². The molecule has 0 aromatic heterocycles. The lowest BCUT2D eigenvalue weighted by Gasteiger charge is -2.25. The van der Waals surface area contributed by atoms with E-state index in [9.17, 15) is 4.79 Å². The Morgan fingerprint density at radius 2 is 1.56 bits per heavy atom. The molecule has 2 aromatic carbocycles. The molecule has 0 heterocycles. The molecule has 0 aliphatic heterocycles. The van der Waals surface area contributed by atoms with E-state index in [1.54, 1.807) is 14.2 Å². The first-order valence-electron chi connectivity index (χ1n) is 9.26. The average molecular weight is 370 g/mol. The van der Waals surface area contributed by atoms with Crippen LogP contribution in [0.2, 0.25) is 0 Å². The van der Waals surface area contributed by atoms with Gasteiger partial charge < -0.3 is 19.7 Å². The highest BCUT2D eigenvalue weighted by molar-refractivity contribution is 5.98. The third kappa shape index (κ3) is 4.54. The van der Waals surface area contributed by atoms with Crippen LogP contribution in [0.1, 0.15) is 33.3 Å². The number of nitrogens with one attached hydrogen (secondary N) is 1. The van der Waals surface area contributed by atoms with Gasteiger partial charge in [-0.1, -0.05) is 6.07 Å². The molecule has 0 fully saturated rings. The van der Waals surface area contributed by atoms with Crippen molar-refractivity contribution < 1.29 is 14.3 Å². The van der Waals surface area contributed by atoms with Crippen molar-refractivity contribution in [2.75, 3.05) is 37.5 Å². The maximum Gasteiger partial charge on any atom is 0.234 e. The molecule has 0 spiro atoms. The SMILES string of the molecule is CCN(CC)c1ccc(NC(=O)C(C)(C)c2ccc(OC)c(OC)c2)cc1. The first-order valence-corrected chi connectivity index (χ1v) is 9.26. The minimum absolute atomic E-state index is 0.0784. The van der Waals surface area contributed by atoms with Crippen molar-refractivity contribution in [1.82, 2.24) is 0 Å². The fourth-order valence-corrected chi connectivity index (χ4v) is 2.99. The number of hydrogen-bond donors (Lipinski definition) is 1. The number of anilines is 2. The second-order valence-electron chi connectivity index (χ2n) is 6.87. The monoisotopic (exact) mass is 370 g/mol. The minimum atomic E-state index is -0.725. The van der Waals surface area contributed by atoms with Crippen LogP contribution in [0.15, 0.2) is 42.5 Å². The van der Waals surface area contributed by atoms with E-state index in [1.165, 1.54) is 0 Å². The van der Waals surface area contributed by atoms with Crippen LogP contribution in [0.25, 0.3) is 0 Å². The van der Waals surface area contributed by atoms with Gasteiger partial charge in [0.15, 0.2) is 11.5 Å². The fourth-order valence-electron chi connectivity index (χ4n) is 2.99. The second-order valence-corrected chi connectivity index (χ2v) is 6.87. The van der Waals surface area contributed by atoms with Crippen molar-refractivity contribution in [2.45, 2.75) is 33.1 Å². The Balaban J connectivity index is 2.18. The van der Waals surface area contributed by atoms with Crippen LogP contribution in [0.4, 0.5) is 11.4 Å². The molecule has 0 bridgehead atoms. The standard InChI is InChI=1S/C22H30N2O3/c1-7-24(8-2)18-12-10-17(11-13-18)23-21(25)22(3,4)16-9-14-19(26-5)20(15-16)27-6/h9-15H,7-8H2,1-6H3,(H,23,25). The maximum atomic E-state index is 12.9. The van der Waals surface area contributed by atoms with Gasteiger partial charge in [-0.25, -0.2) is 0 Å². The zero-order valence-electron chi connectivity index (χ0n) is 17.1. The summed E-state index contributed by atoms with van der Waals surface area (Å²) in [6, 6.07) is 13.5. The summed E-state index contributed by atoms with van der Waals surface area (Å²) in [5.41, 5.74) is 2.07. The molecule has 1 amide bonds. The summed E-state index contributed by atoms with van der Waals surface area (Å²) in [6.45, 7) is 9.96. The summed E-state index contributed by atoms with van der Waals surface area (Å²) in [4.78, 5) is 15.2. The number of nitrogens with zero attached hydrogens (tertiary/aromatic N) is 1. The number of hydrogen-bond acceptors (Lipinski definition) is 4. The highest BCUT2D eigenvalue weighted by Crippen LogP contribution is 2.34. The highest BCUT2D eigenvalue weighted by atomic mass is 16.5. The van der Waals surface area contributed by atoms with Crippen LogP contribution in [0, 0.1) is 0 Å². The van der Waals surface area contributed by atoms with Gasteiger partial charge in [0.1, 0.15) is 0 Å². The Morgan fingerprint density at radius 3 is 2.07 bits per heavy atom. The van der Waals surface area contributed by atoms with Crippen molar-refractivity contribution in [3.8, 4) is 11.5 Å². The van der Waals surface area contributed by atoms with Gasteiger partial charge in [0.25, 0.3) is 0 Å². The van der Waals surface area contributed by atoms with Crippen LogP contribution in [-0.4, -0.2) is 33.2 Å². The number of methoxy groups -OCH3 is 2. The molecule has 146 valence electrons. The molecule has 5 heteroatoms. The molecule has 0 saturated carbocycles. The van der Waals surface area contributed by atoms with Crippen molar-refractivity contribution in [1.29, 1.82) is 0 Å². The Morgan fingerprint density at radius 1 is 0.963 bits per heavy atom. The number of carbonyl (C=O) groups excluding carboxylic acids is 1. The number of amides is 1. The predicted molar refractivity (Wildman–Crippen MR) is 111 cm³/mol. The van der Waals surface area contributed by atoms with Crippen LogP contribution in [-0.2, 0) is 10.2 Å². The molecular weight excluding hydrogens is 340 g/mol. The Kier molecular flexibility index (Phi) is 6.72. The zero-order chi connectivity index (χ0) is 20.0. The van der Waals surface area contributed by atoms with Gasteiger partial charge in [-0.2, -0.15) is 0 Å². The van der Waals surface area contributed by atoms with Crippen molar-refractivity contribution >= 4 is 17.3 Å².